The van der Waals surface area contributed by atoms with Crippen LogP contribution < -0.4 is 5.32 Å². The van der Waals surface area contributed by atoms with Crippen LogP contribution in [0.2, 0.25) is 0 Å². The van der Waals surface area contributed by atoms with E-state index in [0.29, 0.717) is 32.4 Å². The number of amides is 3. The fourth-order valence-electron chi connectivity index (χ4n) is 8.63. The van der Waals surface area contributed by atoms with E-state index in [9.17, 15) is 19.5 Å². The minimum atomic E-state index is -1.99. The van der Waals surface area contributed by atoms with Gasteiger partial charge in [0.05, 0.1) is 5.92 Å². The van der Waals surface area contributed by atoms with Crippen molar-refractivity contribution in [2.24, 2.45) is 17.8 Å². The second kappa shape index (κ2) is 9.53. The lowest BCUT2D eigenvalue weighted by molar-refractivity contribution is -0.322. The lowest BCUT2D eigenvalue weighted by atomic mass is 9.72. The summed E-state index contributed by atoms with van der Waals surface area (Å²) in [6.07, 6.45) is 5.36. The average Bonchev–Trinajstić information content (AvgIpc) is 3.65. The number of piperidine rings is 1. The Balaban J connectivity index is 1.20. The average molecular weight is 578 g/mol. The van der Waals surface area contributed by atoms with E-state index in [1.807, 2.05) is 27.7 Å². The number of nitrogens with zero attached hydrogens (tertiary/aromatic N) is 3. The molecule has 5 heterocycles. The summed E-state index contributed by atoms with van der Waals surface area (Å²) in [7, 11) is 2.07. The minimum absolute atomic E-state index is 0.116. The lowest BCUT2D eigenvalue weighted by Crippen LogP contribution is -2.71. The quantitative estimate of drug-likeness (QED) is 0.503. The van der Waals surface area contributed by atoms with Crippen LogP contribution >= 0.6 is 0 Å². The Morgan fingerprint density at radius 2 is 2.02 bits per heavy atom. The molecule has 0 unspecified atom stereocenters. The third kappa shape index (κ3) is 3.77. The van der Waals surface area contributed by atoms with Crippen LogP contribution in [0.1, 0.15) is 70.4 Å². The summed E-state index contributed by atoms with van der Waals surface area (Å²) in [6, 6.07) is 5.13. The van der Waals surface area contributed by atoms with E-state index in [4.69, 9.17) is 4.74 Å². The van der Waals surface area contributed by atoms with E-state index < -0.39 is 35.5 Å². The normalized spacial score (nSPS) is 36.1. The van der Waals surface area contributed by atoms with Gasteiger partial charge >= 0.3 is 0 Å². The highest BCUT2D eigenvalue weighted by molar-refractivity contribution is 5.97. The third-order valence-corrected chi connectivity index (χ3v) is 10.7. The molecule has 0 spiro atoms. The third-order valence-electron chi connectivity index (χ3n) is 10.7. The summed E-state index contributed by atoms with van der Waals surface area (Å²) >= 11 is 0. The second-order valence-corrected chi connectivity index (χ2v) is 14.0. The number of aliphatic hydroxyl groups is 1. The summed E-state index contributed by atoms with van der Waals surface area (Å²) in [5.74, 6) is -3.48. The predicted octanol–water partition coefficient (Wildman–Crippen LogP) is 2.52. The highest BCUT2D eigenvalue weighted by Gasteiger charge is 2.72. The molecule has 4 saturated heterocycles. The first kappa shape index (κ1) is 27.9. The molecule has 2 aromatic rings. The largest absolute Gasteiger partial charge is 0.361 e. The van der Waals surface area contributed by atoms with E-state index in [1.165, 1.54) is 21.4 Å². The fraction of sp³-hybridized carbons (Fsp3) is 0.656. The number of hydrogen-bond acceptors (Lipinski definition) is 6. The molecule has 0 bridgehead atoms. The van der Waals surface area contributed by atoms with Crippen LogP contribution in [-0.4, -0.2) is 92.4 Å². The molecule has 7 rings (SSSR count). The van der Waals surface area contributed by atoms with E-state index in [-0.39, 0.29) is 35.6 Å². The second-order valence-electron chi connectivity index (χ2n) is 14.0. The van der Waals surface area contributed by atoms with Gasteiger partial charge in [-0.25, -0.2) is 0 Å². The van der Waals surface area contributed by atoms with Crippen molar-refractivity contribution in [1.29, 1.82) is 0 Å². The van der Waals surface area contributed by atoms with Gasteiger partial charge in [-0.2, -0.15) is 0 Å². The van der Waals surface area contributed by atoms with Crippen LogP contribution in [0.15, 0.2) is 24.4 Å². The number of aromatic nitrogens is 1. The Morgan fingerprint density at radius 3 is 2.76 bits per heavy atom. The molecule has 10 heteroatoms. The maximum absolute atomic E-state index is 14.4. The molecule has 0 saturated carbocycles. The molecule has 3 amide bonds. The zero-order chi connectivity index (χ0) is 29.7. The molecule has 1 aliphatic carbocycles. The standard InChI is InChI=1S/C32H43N5O5/c1-17(2)12-25-29(39)36-11-7-10-26(36)32(41)37(25)30(40)31(42-32,18(3)4)34-28(38)20-13-22-21-8-6-9-23-27(21)19(15-33-23)14-24(22)35(5)16-20/h6,8-9,15,17-18,20,22,24-26,33,41H,7,10-14,16H2,1-5H3,(H,34,38)/t20-,22-,24+,25-,26-,31+,32-/m1/s1. The van der Waals surface area contributed by atoms with Crippen molar-refractivity contribution < 1.29 is 24.2 Å². The summed E-state index contributed by atoms with van der Waals surface area (Å²) < 4.78 is 6.45. The number of carbonyl (C=O) groups is 3. The highest BCUT2D eigenvalue weighted by Crippen LogP contribution is 2.49. The van der Waals surface area contributed by atoms with Crippen molar-refractivity contribution in [3.63, 3.8) is 0 Å². The van der Waals surface area contributed by atoms with Gasteiger partial charge in [0.1, 0.15) is 12.1 Å². The van der Waals surface area contributed by atoms with Gasteiger partial charge < -0.3 is 25.2 Å². The van der Waals surface area contributed by atoms with Crippen LogP contribution in [0.5, 0.6) is 0 Å². The van der Waals surface area contributed by atoms with Gasteiger partial charge in [0.25, 0.3) is 11.8 Å². The predicted molar refractivity (Wildman–Crippen MR) is 156 cm³/mol. The zero-order valence-corrected chi connectivity index (χ0v) is 25.2. The first-order valence-corrected chi connectivity index (χ1v) is 15.6. The maximum atomic E-state index is 14.4. The molecule has 1 aromatic carbocycles. The first-order valence-electron chi connectivity index (χ1n) is 15.6. The Bertz CT molecular complexity index is 1450. The van der Waals surface area contributed by atoms with Gasteiger partial charge in [-0.3, -0.25) is 24.0 Å². The van der Waals surface area contributed by atoms with Gasteiger partial charge in [0, 0.05) is 48.1 Å². The highest BCUT2D eigenvalue weighted by atomic mass is 16.7. The number of fused-ring (bicyclic) bond motifs is 5. The number of benzene rings is 1. The number of ether oxygens (including phenoxy) is 1. The Morgan fingerprint density at radius 1 is 1.24 bits per heavy atom. The van der Waals surface area contributed by atoms with Crippen molar-refractivity contribution in [3.05, 3.63) is 35.5 Å². The molecule has 5 aliphatic rings. The number of likely N-dealkylation sites (tertiary alicyclic amines) is 1. The molecule has 3 N–H and O–H groups in total. The van der Waals surface area contributed by atoms with E-state index in [1.54, 1.807) is 4.90 Å². The van der Waals surface area contributed by atoms with Gasteiger partial charge in [0.15, 0.2) is 0 Å². The minimum Gasteiger partial charge on any atom is -0.361 e. The molecule has 42 heavy (non-hydrogen) atoms. The molecule has 4 fully saturated rings. The summed E-state index contributed by atoms with van der Waals surface area (Å²) in [6.45, 7) is 8.73. The Hall–Kier alpha value is -2.95. The number of hydrogen-bond donors (Lipinski definition) is 3. The molecule has 7 atom stereocenters. The van der Waals surface area contributed by atoms with Crippen LogP contribution in [0.4, 0.5) is 0 Å². The molecule has 10 nitrogen and oxygen atoms in total. The molecule has 1 aromatic heterocycles. The number of aromatic amines is 1. The topological polar surface area (TPSA) is 118 Å². The van der Waals surface area contributed by atoms with Crippen molar-refractivity contribution >= 4 is 28.6 Å². The molecule has 226 valence electrons. The molecular weight excluding hydrogens is 534 g/mol. The van der Waals surface area contributed by atoms with Crippen molar-refractivity contribution in [3.8, 4) is 0 Å². The van der Waals surface area contributed by atoms with Crippen LogP contribution in [0.25, 0.3) is 10.9 Å². The van der Waals surface area contributed by atoms with Gasteiger partial charge in [-0.05, 0) is 62.3 Å². The number of nitrogens with one attached hydrogen (secondary N) is 2. The fourth-order valence-corrected chi connectivity index (χ4v) is 8.63. The number of carbonyl (C=O) groups excluding carboxylic acids is 3. The monoisotopic (exact) mass is 577 g/mol. The molecule has 0 radical (unpaired) electrons. The summed E-state index contributed by atoms with van der Waals surface area (Å²) in [4.78, 5) is 50.8. The van der Waals surface area contributed by atoms with Crippen LogP contribution in [-0.2, 0) is 25.5 Å². The number of piperazine rings is 1. The SMILES string of the molecule is CC(C)C[C@@H]1C(=O)N2CCC[C@@H]2[C@@]2(O)O[C@@](NC(=O)[C@@H]3C[C@@H]4c5cccc6[nH]cc(c56)C[C@@H]4N(C)C3)(C(C)C)C(=O)N12. The van der Waals surface area contributed by atoms with Crippen LogP contribution in [0.3, 0.4) is 0 Å². The summed E-state index contributed by atoms with van der Waals surface area (Å²) in [5.41, 5.74) is 1.93. The van der Waals surface area contributed by atoms with Crippen molar-refractivity contribution in [2.45, 2.75) is 95.5 Å². The van der Waals surface area contributed by atoms with Crippen molar-refractivity contribution in [1.82, 2.24) is 25.0 Å². The Labute approximate surface area is 246 Å². The smallest absolute Gasteiger partial charge is 0.281 e. The lowest BCUT2D eigenvalue weighted by Gasteiger charge is -2.49. The Kier molecular flexibility index (Phi) is 6.32. The zero-order valence-electron chi connectivity index (χ0n) is 25.2. The maximum Gasteiger partial charge on any atom is 0.281 e. The van der Waals surface area contributed by atoms with Gasteiger partial charge in [0.2, 0.25) is 17.5 Å². The van der Waals surface area contributed by atoms with Gasteiger partial charge in [-0.15, -0.1) is 0 Å². The number of H-pyrrole nitrogens is 1. The van der Waals surface area contributed by atoms with E-state index in [0.717, 1.165) is 18.4 Å². The molecule has 4 aliphatic heterocycles. The van der Waals surface area contributed by atoms with E-state index in [2.05, 4.69) is 46.6 Å². The summed E-state index contributed by atoms with van der Waals surface area (Å²) in [5, 5.41) is 16.4. The van der Waals surface area contributed by atoms with Gasteiger partial charge in [-0.1, -0.05) is 39.8 Å². The van der Waals surface area contributed by atoms with E-state index >= 15 is 0 Å². The number of likely N-dealkylation sites (N-methyl/N-ethyl adjacent to an activating group) is 1. The first-order chi connectivity index (χ1) is 20.0. The van der Waals surface area contributed by atoms with Crippen LogP contribution in [0, 0.1) is 17.8 Å². The molecular formula is C32H43N5O5. The number of rotatable bonds is 5. The van der Waals surface area contributed by atoms with Crippen molar-refractivity contribution in [2.75, 3.05) is 20.1 Å².